The standard InChI is InChI=1S/C15H17BrN2O/c1-3-17-9-12-8-11(2)15(18-10-12)19-14-6-4-13(16)5-7-14/h4-8,10,17H,3,9H2,1-2H3. The average molecular weight is 321 g/mol. The summed E-state index contributed by atoms with van der Waals surface area (Å²) >= 11 is 3.40. The van der Waals surface area contributed by atoms with Gasteiger partial charge in [-0.3, -0.25) is 0 Å². The first-order chi connectivity index (χ1) is 9.19. The summed E-state index contributed by atoms with van der Waals surface area (Å²) in [5.74, 6) is 1.45. The highest BCUT2D eigenvalue weighted by Crippen LogP contribution is 2.24. The van der Waals surface area contributed by atoms with Gasteiger partial charge in [0.05, 0.1) is 0 Å². The summed E-state index contributed by atoms with van der Waals surface area (Å²) in [4.78, 5) is 4.37. The molecule has 0 aliphatic heterocycles. The summed E-state index contributed by atoms with van der Waals surface area (Å²) in [5.41, 5.74) is 2.21. The van der Waals surface area contributed by atoms with E-state index in [4.69, 9.17) is 4.74 Å². The Bertz CT molecular complexity index is 540. The van der Waals surface area contributed by atoms with E-state index in [9.17, 15) is 0 Å². The molecule has 0 radical (unpaired) electrons. The Labute approximate surface area is 122 Å². The van der Waals surface area contributed by atoms with Gasteiger partial charge in [-0.05, 0) is 49.4 Å². The quantitative estimate of drug-likeness (QED) is 0.902. The molecule has 0 fully saturated rings. The molecule has 0 saturated carbocycles. The molecule has 19 heavy (non-hydrogen) atoms. The van der Waals surface area contributed by atoms with Gasteiger partial charge >= 0.3 is 0 Å². The minimum atomic E-state index is 0.655. The predicted octanol–water partition coefficient (Wildman–Crippen LogP) is 4.05. The van der Waals surface area contributed by atoms with Crippen LogP contribution in [-0.2, 0) is 6.54 Å². The van der Waals surface area contributed by atoms with Crippen LogP contribution in [0.15, 0.2) is 41.0 Å². The molecule has 0 bridgehead atoms. The van der Waals surface area contributed by atoms with Crippen molar-refractivity contribution in [2.45, 2.75) is 20.4 Å². The highest BCUT2D eigenvalue weighted by atomic mass is 79.9. The van der Waals surface area contributed by atoms with Gasteiger partial charge in [-0.1, -0.05) is 22.9 Å². The number of halogens is 1. The first-order valence-corrected chi connectivity index (χ1v) is 7.08. The molecule has 0 unspecified atom stereocenters. The lowest BCUT2D eigenvalue weighted by molar-refractivity contribution is 0.458. The van der Waals surface area contributed by atoms with Crippen molar-refractivity contribution >= 4 is 15.9 Å². The molecule has 100 valence electrons. The van der Waals surface area contributed by atoms with E-state index in [0.717, 1.165) is 28.9 Å². The fourth-order valence-electron chi connectivity index (χ4n) is 1.71. The fourth-order valence-corrected chi connectivity index (χ4v) is 1.97. The largest absolute Gasteiger partial charge is 0.439 e. The molecular weight excluding hydrogens is 304 g/mol. The molecule has 1 aromatic heterocycles. The van der Waals surface area contributed by atoms with Crippen LogP contribution >= 0.6 is 15.9 Å². The van der Waals surface area contributed by atoms with E-state index in [1.165, 1.54) is 5.56 Å². The molecule has 0 atom stereocenters. The Kier molecular flexibility index (Phi) is 4.93. The number of aryl methyl sites for hydroxylation is 1. The average Bonchev–Trinajstić information content (AvgIpc) is 2.41. The number of nitrogens with zero attached hydrogens (tertiary/aromatic N) is 1. The van der Waals surface area contributed by atoms with Crippen LogP contribution in [0.3, 0.4) is 0 Å². The van der Waals surface area contributed by atoms with Crippen molar-refractivity contribution < 1.29 is 4.74 Å². The zero-order valence-corrected chi connectivity index (χ0v) is 12.7. The van der Waals surface area contributed by atoms with E-state index in [-0.39, 0.29) is 0 Å². The van der Waals surface area contributed by atoms with E-state index < -0.39 is 0 Å². The lowest BCUT2D eigenvalue weighted by atomic mass is 10.2. The van der Waals surface area contributed by atoms with Crippen LogP contribution in [0.2, 0.25) is 0 Å². The van der Waals surface area contributed by atoms with Crippen molar-refractivity contribution in [1.82, 2.24) is 10.3 Å². The summed E-state index contributed by atoms with van der Waals surface area (Å²) in [6.45, 7) is 5.89. The topological polar surface area (TPSA) is 34.2 Å². The third kappa shape index (κ3) is 4.04. The van der Waals surface area contributed by atoms with E-state index in [1.54, 1.807) is 0 Å². The van der Waals surface area contributed by atoms with E-state index in [2.05, 4.69) is 39.2 Å². The molecule has 0 aliphatic carbocycles. The SMILES string of the molecule is CCNCc1cnc(Oc2ccc(Br)cc2)c(C)c1. The molecule has 0 saturated heterocycles. The lowest BCUT2D eigenvalue weighted by Crippen LogP contribution is -2.12. The number of rotatable bonds is 5. The zero-order valence-electron chi connectivity index (χ0n) is 11.1. The van der Waals surface area contributed by atoms with Gasteiger partial charge in [-0.25, -0.2) is 4.98 Å². The van der Waals surface area contributed by atoms with Gasteiger partial charge in [0, 0.05) is 22.8 Å². The number of ether oxygens (including phenoxy) is 1. The van der Waals surface area contributed by atoms with Crippen molar-refractivity contribution in [1.29, 1.82) is 0 Å². The Morgan fingerprint density at radius 3 is 2.63 bits per heavy atom. The second-order valence-electron chi connectivity index (χ2n) is 4.30. The van der Waals surface area contributed by atoms with Crippen LogP contribution < -0.4 is 10.1 Å². The van der Waals surface area contributed by atoms with Gasteiger partial charge in [-0.2, -0.15) is 0 Å². The third-order valence-electron chi connectivity index (χ3n) is 2.69. The highest BCUT2D eigenvalue weighted by Gasteiger charge is 2.04. The Morgan fingerprint density at radius 2 is 2.00 bits per heavy atom. The normalized spacial score (nSPS) is 10.5. The monoisotopic (exact) mass is 320 g/mol. The molecule has 1 heterocycles. The molecule has 1 aromatic carbocycles. The second-order valence-corrected chi connectivity index (χ2v) is 5.22. The fraction of sp³-hybridized carbons (Fsp3) is 0.267. The van der Waals surface area contributed by atoms with Gasteiger partial charge in [0.15, 0.2) is 0 Å². The highest BCUT2D eigenvalue weighted by molar-refractivity contribution is 9.10. The molecule has 2 rings (SSSR count). The van der Waals surface area contributed by atoms with Crippen LogP contribution in [0.5, 0.6) is 11.6 Å². The lowest BCUT2D eigenvalue weighted by Gasteiger charge is -2.09. The Morgan fingerprint density at radius 1 is 1.26 bits per heavy atom. The van der Waals surface area contributed by atoms with Crippen molar-refractivity contribution in [2.75, 3.05) is 6.54 Å². The molecule has 1 N–H and O–H groups in total. The van der Waals surface area contributed by atoms with E-state index in [1.807, 2.05) is 37.4 Å². The molecule has 0 aliphatic rings. The summed E-state index contributed by atoms with van der Waals surface area (Å²) in [7, 11) is 0. The Balaban J connectivity index is 2.10. The summed E-state index contributed by atoms with van der Waals surface area (Å²) in [6.07, 6.45) is 1.85. The number of nitrogens with one attached hydrogen (secondary N) is 1. The van der Waals surface area contributed by atoms with Gasteiger partial charge in [0.1, 0.15) is 5.75 Å². The van der Waals surface area contributed by atoms with E-state index in [0.29, 0.717) is 5.88 Å². The molecular formula is C15H17BrN2O. The minimum absolute atomic E-state index is 0.655. The summed E-state index contributed by atoms with van der Waals surface area (Å²) < 4.78 is 6.80. The maximum Gasteiger partial charge on any atom is 0.222 e. The van der Waals surface area contributed by atoms with Crippen LogP contribution in [0.4, 0.5) is 0 Å². The second kappa shape index (κ2) is 6.68. The zero-order chi connectivity index (χ0) is 13.7. The number of hydrogen-bond donors (Lipinski definition) is 1. The molecule has 0 spiro atoms. The summed E-state index contributed by atoms with van der Waals surface area (Å²) in [6, 6.07) is 9.83. The van der Waals surface area contributed by atoms with Crippen LogP contribution in [0.25, 0.3) is 0 Å². The summed E-state index contributed by atoms with van der Waals surface area (Å²) in [5, 5.41) is 3.28. The van der Waals surface area contributed by atoms with Crippen molar-refractivity contribution in [3.63, 3.8) is 0 Å². The van der Waals surface area contributed by atoms with Crippen molar-refractivity contribution in [3.8, 4) is 11.6 Å². The maximum atomic E-state index is 5.77. The van der Waals surface area contributed by atoms with Crippen LogP contribution in [-0.4, -0.2) is 11.5 Å². The molecule has 2 aromatic rings. The molecule has 3 nitrogen and oxygen atoms in total. The predicted molar refractivity (Wildman–Crippen MR) is 80.6 cm³/mol. The van der Waals surface area contributed by atoms with Gasteiger partial charge in [0.2, 0.25) is 5.88 Å². The van der Waals surface area contributed by atoms with Crippen LogP contribution in [0.1, 0.15) is 18.1 Å². The number of aromatic nitrogens is 1. The third-order valence-corrected chi connectivity index (χ3v) is 3.22. The molecule has 0 amide bonds. The smallest absolute Gasteiger partial charge is 0.222 e. The van der Waals surface area contributed by atoms with Gasteiger partial charge in [-0.15, -0.1) is 0 Å². The van der Waals surface area contributed by atoms with E-state index >= 15 is 0 Å². The van der Waals surface area contributed by atoms with Crippen molar-refractivity contribution in [3.05, 3.63) is 52.1 Å². The molecule has 4 heteroatoms. The van der Waals surface area contributed by atoms with Gasteiger partial charge < -0.3 is 10.1 Å². The number of hydrogen-bond acceptors (Lipinski definition) is 3. The van der Waals surface area contributed by atoms with Crippen molar-refractivity contribution in [2.24, 2.45) is 0 Å². The number of pyridine rings is 1. The maximum absolute atomic E-state index is 5.77. The first-order valence-electron chi connectivity index (χ1n) is 6.28. The first kappa shape index (κ1) is 14.0. The van der Waals surface area contributed by atoms with Crippen LogP contribution in [0, 0.1) is 6.92 Å². The minimum Gasteiger partial charge on any atom is -0.439 e. The van der Waals surface area contributed by atoms with Gasteiger partial charge in [0.25, 0.3) is 0 Å². The Hall–Kier alpha value is -1.39. The number of benzene rings is 1.